The largest absolute Gasteiger partial charge is 0.457 e. The number of ether oxygens (including phenoxy) is 1. The molecule has 0 saturated carbocycles. The van der Waals surface area contributed by atoms with Crippen molar-refractivity contribution in [2.75, 3.05) is 29.6 Å². The van der Waals surface area contributed by atoms with Gasteiger partial charge in [0.05, 0.1) is 22.6 Å². The summed E-state index contributed by atoms with van der Waals surface area (Å²) in [4.78, 5) is 23.3. The first-order valence-corrected chi connectivity index (χ1v) is 12.4. The molecule has 198 valence electrons. The van der Waals surface area contributed by atoms with E-state index in [0.29, 0.717) is 23.1 Å². The summed E-state index contributed by atoms with van der Waals surface area (Å²) in [6.07, 6.45) is 3.35. The summed E-state index contributed by atoms with van der Waals surface area (Å²) in [5.41, 5.74) is 2.43. The Kier molecular flexibility index (Phi) is 7.09. The highest BCUT2D eigenvalue weighted by molar-refractivity contribution is 5.99. The van der Waals surface area contributed by atoms with E-state index >= 15 is 0 Å². The Morgan fingerprint density at radius 3 is 2.54 bits per heavy atom. The maximum absolute atomic E-state index is 14.9. The van der Waals surface area contributed by atoms with E-state index in [1.807, 2.05) is 69.2 Å². The van der Waals surface area contributed by atoms with Gasteiger partial charge in [-0.05, 0) is 48.4 Å². The lowest BCUT2D eigenvalue weighted by molar-refractivity contribution is 0.262. The number of nitrogens with zero attached hydrogens (tertiary/aromatic N) is 5. The van der Waals surface area contributed by atoms with Crippen LogP contribution < -0.4 is 20.3 Å². The molecule has 0 aliphatic heterocycles. The van der Waals surface area contributed by atoms with Gasteiger partial charge in [0, 0.05) is 50.1 Å². The summed E-state index contributed by atoms with van der Waals surface area (Å²) < 4.78 is 22.3. The number of pyridine rings is 2. The Hall–Kier alpha value is -4.99. The number of rotatable bonds is 7. The van der Waals surface area contributed by atoms with E-state index in [1.54, 1.807) is 35.3 Å². The molecule has 0 aliphatic carbocycles. The fourth-order valence-corrected chi connectivity index (χ4v) is 3.94. The van der Waals surface area contributed by atoms with Gasteiger partial charge in [0.2, 0.25) is 0 Å². The minimum absolute atomic E-state index is 0.00971. The number of carbonyl (C=O) groups excluding carboxylic acids is 1. The Morgan fingerprint density at radius 1 is 0.949 bits per heavy atom. The van der Waals surface area contributed by atoms with E-state index in [2.05, 4.69) is 25.7 Å². The maximum Gasteiger partial charge on any atom is 0.324 e. The summed E-state index contributed by atoms with van der Waals surface area (Å²) in [5, 5.41) is 11.0. The van der Waals surface area contributed by atoms with Crippen molar-refractivity contribution < 1.29 is 13.9 Å². The number of carbonyl (C=O) groups is 1. The van der Waals surface area contributed by atoms with Crippen LogP contribution in [-0.2, 0) is 0 Å². The normalized spacial score (nSPS) is 11.0. The molecule has 9 nitrogen and oxygen atoms in total. The average molecular weight is 526 g/mol. The second-order valence-electron chi connectivity index (χ2n) is 9.47. The predicted octanol–water partition coefficient (Wildman–Crippen LogP) is 6.58. The highest BCUT2D eigenvalue weighted by Crippen LogP contribution is 2.28. The summed E-state index contributed by atoms with van der Waals surface area (Å²) in [7, 11) is 3.74. The van der Waals surface area contributed by atoms with E-state index in [-0.39, 0.29) is 11.6 Å². The molecule has 3 heterocycles. The van der Waals surface area contributed by atoms with Crippen molar-refractivity contribution in [3.05, 3.63) is 90.6 Å². The van der Waals surface area contributed by atoms with Gasteiger partial charge in [0.25, 0.3) is 0 Å². The van der Waals surface area contributed by atoms with Crippen LogP contribution in [0.2, 0.25) is 0 Å². The third-order valence-electron chi connectivity index (χ3n) is 5.99. The Labute approximate surface area is 225 Å². The number of halogens is 1. The second kappa shape index (κ2) is 10.8. The van der Waals surface area contributed by atoms with Crippen LogP contribution in [0.1, 0.15) is 25.5 Å². The van der Waals surface area contributed by atoms with E-state index < -0.39 is 11.8 Å². The highest BCUT2D eigenvalue weighted by Gasteiger charge is 2.16. The van der Waals surface area contributed by atoms with E-state index in [1.165, 1.54) is 12.1 Å². The van der Waals surface area contributed by atoms with Gasteiger partial charge in [-0.1, -0.05) is 19.9 Å². The van der Waals surface area contributed by atoms with E-state index in [0.717, 1.165) is 22.3 Å². The van der Waals surface area contributed by atoms with Gasteiger partial charge in [-0.15, -0.1) is 0 Å². The van der Waals surface area contributed by atoms with Crippen molar-refractivity contribution in [2.45, 2.75) is 19.8 Å². The third kappa shape index (κ3) is 5.80. The zero-order chi connectivity index (χ0) is 27.5. The fourth-order valence-electron chi connectivity index (χ4n) is 3.94. The molecular formula is C29H28FN7O2. The molecule has 2 amide bonds. The smallest absolute Gasteiger partial charge is 0.324 e. The highest BCUT2D eigenvalue weighted by atomic mass is 19.1. The van der Waals surface area contributed by atoms with E-state index in [4.69, 9.17) is 4.74 Å². The zero-order valence-corrected chi connectivity index (χ0v) is 22.0. The first-order valence-electron chi connectivity index (χ1n) is 12.4. The molecule has 3 aromatic heterocycles. The molecule has 2 aromatic carbocycles. The molecule has 0 bridgehead atoms. The number of fused-ring (bicyclic) bond motifs is 1. The van der Waals surface area contributed by atoms with Crippen molar-refractivity contribution in [2.24, 2.45) is 0 Å². The maximum atomic E-state index is 14.9. The first kappa shape index (κ1) is 25.7. The number of amides is 2. The van der Waals surface area contributed by atoms with Crippen LogP contribution in [0.5, 0.6) is 11.5 Å². The minimum Gasteiger partial charge on any atom is -0.457 e. The molecule has 39 heavy (non-hydrogen) atoms. The monoisotopic (exact) mass is 525 g/mol. The quantitative estimate of drug-likeness (QED) is 0.249. The minimum atomic E-state index is -0.636. The molecule has 0 fully saturated rings. The van der Waals surface area contributed by atoms with Gasteiger partial charge >= 0.3 is 6.03 Å². The number of hydrogen-bond acceptors (Lipinski definition) is 6. The molecule has 5 rings (SSSR count). The lowest BCUT2D eigenvalue weighted by atomic mass is 10.1. The number of benzene rings is 2. The van der Waals surface area contributed by atoms with Gasteiger partial charge in [-0.25, -0.2) is 18.9 Å². The van der Waals surface area contributed by atoms with E-state index in [9.17, 15) is 9.18 Å². The molecule has 2 N–H and O–H groups in total. The first-order chi connectivity index (χ1) is 18.8. The molecular weight excluding hydrogens is 497 g/mol. The van der Waals surface area contributed by atoms with Gasteiger partial charge in [-0.3, -0.25) is 10.3 Å². The molecule has 0 aliphatic rings. The van der Waals surface area contributed by atoms with Gasteiger partial charge < -0.3 is 15.0 Å². The summed E-state index contributed by atoms with van der Waals surface area (Å²) in [6, 6.07) is 18.5. The van der Waals surface area contributed by atoms with Crippen molar-refractivity contribution >= 4 is 34.3 Å². The predicted molar refractivity (Wildman–Crippen MR) is 151 cm³/mol. The number of hydrogen-bond donors (Lipinski definition) is 2. The van der Waals surface area contributed by atoms with Crippen LogP contribution in [0.3, 0.4) is 0 Å². The molecule has 0 radical (unpaired) electrons. The van der Waals surface area contributed by atoms with Crippen LogP contribution in [0, 0.1) is 5.82 Å². The van der Waals surface area contributed by atoms with Gasteiger partial charge in [0.1, 0.15) is 29.0 Å². The SMILES string of the molecule is CC(C)c1cc(NC(=O)Nc2ccc(Oc3ccnc(N(C)C)c3)cc2F)n(-c2ccc3ncccc3c2)n1. The Bertz CT molecular complexity index is 1650. The molecule has 10 heteroatoms. The molecule has 5 aromatic rings. The topological polar surface area (TPSA) is 97.2 Å². The Morgan fingerprint density at radius 2 is 1.77 bits per heavy atom. The van der Waals surface area contributed by atoms with Gasteiger partial charge in [0.15, 0.2) is 0 Å². The number of aromatic nitrogens is 4. The standard InChI is InChI=1S/C29H28FN7O2/c1-18(2)26-17-28(37(35-26)20-7-9-24-19(14-20)6-5-12-31-24)34-29(38)33-25-10-8-21(15-23(25)30)39-22-11-13-32-27(16-22)36(3)4/h5-18H,1-4H3,(H2,33,34,38). The van der Waals surface area contributed by atoms with Crippen molar-refractivity contribution in [1.82, 2.24) is 19.7 Å². The van der Waals surface area contributed by atoms with Crippen LogP contribution in [-0.4, -0.2) is 39.9 Å². The van der Waals surface area contributed by atoms with Crippen molar-refractivity contribution in [3.8, 4) is 17.2 Å². The fraction of sp³-hybridized carbons (Fsp3) is 0.172. The van der Waals surface area contributed by atoms with Crippen LogP contribution in [0.15, 0.2) is 79.1 Å². The summed E-state index contributed by atoms with van der Waals surface area (Å²) in [6.45, 7) is 4.04. The number of anilines is 3. The van der Waals surface area contributed by atoms with Crippen LogP contribution in [0.25, 0.3) is 16.6 Å². The van der Waals surface area contributed by atoms with Crippen molar-refractivity contribution in [3.63, 3.8) is 0 Å². The van der Waals surface area contributed by atoms with Crippen molar-refractivity contribution in [1.29, 1.82) is 0 Å². The Balaban J connectivity index is 1.33. The number of nitrogens with one attached hydrogen (secondary N) is 2. The van der Waals surface area contributed by atoms with Crippen LogP contribution in [0.4, 0.5) is 26.5 Å². The summed E-state index contributed by atoms with van der Waals surface area (Å²) >= 11 is 0. The second-order valence-corrected chi connectivity index (χ2v) is 9.47. The molecule has 0 atom stereocenters. The lowest BCUT2D eigenvalue weighted by Crippen LogP contribution is -2.22. The average Bonchev–Trinajstić information content (AvgIpc) is 3.34. The summed E-state index contributed by atoms with van der Waals surface area (Å²) in [5.74, 6) is 1.47. The van der Waals surface area contributed by atoms with Gasteiger partial charge in [-0.2, -0.15) is 5.10 Å². The lowest BCUT2D eigenvalue weighted by Gasteiger charge is -2.13. The van der Waals surface area contributed by atoms with Crippen LogP contribution >= 0.6 is 0 Å². The molecule has 0 spiro atoms. The number of urea groups is 1. The third-order valence-corrected chi connectivity index (χ3v) is 5.99. The molecule has 0 saturated heterocycles. The molecule has 0 unspecified atom stereocenters. The zero-order valence-electron chi connectivity index (χ0n) is 22.0.